The first kappa shape index (κ1) is 12.5. The van der Waals surface area contributed by atoms with Crippen LogP contribution in [-0.2, 0) is 6.54 Å². The summed E-state index contributed by atoms with van der Waals surface area (Å²) in [6, 6.07) is 9.40. The fourth-order valence-electron chi connectivity index (χ4n) is 3.06. The van der Waals surface area contributed by atoms with Gasteiger partial charge in [-0.15, -0.1) is 0 Å². The van der Waals surface area contributed by atoms with Gasteiger partial charge in [-0.25, -0.2) is 0 Å². The number of rotatable bonds is 1. The van der Waals surface area contributed by atoms with Crippen molar-refractivity contribution in [2.75, 3.05) is 6.54 Å². The summed E-state index contributed by atoms with van der Waals surface area (Å²) in [5, 5.41) is 3.71. The van der Waals surface area contributed by atoms with Crippen LogP contribution in [0.1, 0.15) is 40.4 Å². The van der Waals surface area contributed by atoms with Gasteiger partial charge < -0.3 is 9.88 Å². The van der Waals surface area contributed by atoms with Crippen LogP contribution in [0.2, 0.25) is 0 Å². The van der Waals surface area contributed by atoms with Crippen molar-refractivity contribution in [2.24, 2.45) is 0 Å². The lowest BCUT2D eigenvalue weighted by atomic mass is 9.94. The predicted molar refractivity (Wildman–Crippen MR) is 79.5 cm³/mol. The number of nitrogens with one attached hydrogen (secondary N) is 1. The second-order valence-electron chi connectivity index (χ2n) is 5.66. The number of fused-ring (bicyclic) bond motifs is 1. The maximum atomic E-state index is 3.71. The highest BCUT2D eigenvalue weighted by atomic mass is 15.1. The molecule has 2 heterocycles. The van der Waals surface area contributed by atoms with E-state index < -0.39 is 0 Å². The fourth-order valence-corrected chi connectivity index (χ4v) is 3.06. The summed E-state index contributed by atoms with van der Waals surface area (Å²) in [7, 11) is 0. The van der Waals surface area contributed by atoms with Gasteiger partial charge in [-0.1, -0.05) is 12.1 Å². The van der Waals surface area contributed by atoms with Gasteiger partial charge in [0.2, 0.25) is 0 Å². The van der Waals surface area contributed by atoms with Crippen LogP contribution in [0.3, 0.4) is 0 Å². The van der Waals surface area contributed by atoms with E-state index in [9.17, 15) is 0 Å². The minimum Gasteiger partial charge on any atom is -0.350 e. The molecular weight excluding hydrogens is 232 g/mol. The van der Waals surface area contributed by atoms with Crippen molar-refractivity contribution < 1.29 is 0 Å². The van der Waals surface area contributed by atoms with E-state index in [0.717, 1.165) is 13.1 Å². The van der Waals surface area contributed by atoms with E-state index >= 15 is 0 Å². The predicted octanol–water partition coefficient (Wildman–Crippen LogP) is 3.50. The summed E-state index contributed by atoms with van der Waals surface area (Å²) in [6.07, 6.45) is 3.40. The maximum absolute atomic E-state index is 3.71. The van der Waals surface area contributed by atoms with Crippen molar-refractivity contribution in [1.82, 2.24) is 9.88 Å². The van der Waals surface area contributed by atoms with Crippen LogP contribution in [-0.4, -0.2) is 11.1 Å². The normalized spacial score (nSPS) is 19.0. The van der Waals surface area contributed by atoms with Crippen LogP contribution in [0.15, 0.2) is 30.5 Å². The van der Waals surface area contributed by atoms with E-state index in [1.807, 2.05) is 0 Å². The molecule has 1 aromatic heterocycles. The Kier molecular flexibility index (Phi) is 3.19. The van der Waals surface area contributed by atoms with Crippen LogP contribution >= 0.6 is 0 Å². The van der Waals surface area contributed by atoms with Gasteiger partial charge in [-0.3, -0.25) is 0 Å². The topological polar surface area (TPSA) is 17.0 Å². The van der Waals surface area contributed by atoms with Crippen LogP contribution in [0.5, 0.6) is 0 Å². The summed E-state index contributed by atoms with van der Waals surface area (Å²) in [5.74, 6) is 0. The van der Waals surface area contributed by atoms with E-state index in [4.69, 9.17) is 0 Å². The van der Waals surface area contributed by atoms with Gasteiger partial charge in [-0.2, -0.15) is 0 Å². The van der Waals surface area contributed by atoms with Crippen LogP contribution in [0.25, 0.3) is 0 Å². The number of hydrogen-bond donors (Lipinski definition) is 1. The second-order valence-corrected chi connectivity index (χ2v) is 5.66. The average molecular weight is 254 g/mol. The smallest absolute Gasteiger partial charge is 0.0733 e. The summed E-state index contributed by atoms with van der Waals surface area (Å²) in [6.45, 7) is 8.82. The van der Waals surface area contributed by atoms with Crippen molar-refractivity contribution in [3.8, 4) is 0 Å². The molecule has 0 aliphatic carbocycles. The van der Waals surface area contributed by atoms with Crippen LogP contribution < -0.4 is 5.32 Å². The molecule has 0 saturated carbocycles. The third-order valence-corrected chi connectivity index (χ3v) is 4.28. The first-order valence-electron chi connectivity index (χ1n) is 7.13. The molecule has 1 unspecified atom stereocenters. The standard InChI is InChI=1S/C17H22N2/c1-12-10-14(3)15(11-13(12)2)17-16-6-4-8-19(16)9-5-7-18-17/h4,6,8,10-11,17-18H,5,7,9H2,1-3H3. The van der Waals surface area contributed by atoms with E-state index in [0.29, 0.717) is 6.04 Å². The SMILES string of the molecule is Cc1cc(C)c(C2NCCCn3cccc32)cc1C. The van der Waals surface area contributed by atoms with Gasteiger partial charge in [0.05, 0.1) is 6.04 Å². The third-order valence-electron chi connectivity index (χ3n) is 4.28. The molecule has 3 rings (SSSR count). The Labute approximate surface area is 115 Å². The summed E-state index contributed by atoms with van der Waals surface area (Å²) in [5.41, 5.74) is 6.96. The quantitative estimate of drug-likeness (QED) is 0.824. The van der Waals surface area contributed by atoms with Crippen molar-refractivity contribution in [3.63, 3.8) is 0 Å². The Morgan fingerprint density at radius 1 is 1.11 bits per heavy atom. The molecule has 0 fully saturated rings. The lowest BCUT2D eigenvalue weighted by molar-refractivity contribution is 0.606. The molecule has 0 amide bonds. The zero-order chi connectivity index (χ0) is 13.4. The highest BCUT2D eigenvalue weighted by molar-refractivity contribution is 5.41. The Morgan fingerprint density at radius 3 is 2.74 bits per heavy atom. The first-order chi connectivity index (χ1) is 9.16. The molecular formula is C17H22N2. The third kappa shape index (κ3) is 2.21. The lowest BCUT2D eigenvalue weighted by Gasteiger charge is -2.21. The van der Waals surface area contributed by atoms with Crippen molar-refractivity contribution in [3.05, 3.63) is 58.4 Å². The molecule has 2 heteroatoms. The number of hydrogen-bond acceptors (Lipinski definition) is 1. The molecule has 100 valence electrons. The summed E-state index contributed by atoms with van der Waals surface area (Å²) in [4.78, 5) is 0. The Hall–Kier alpha value is -1.54. The van der Waals surface area contributed by atoms with E-state index in [2.05, 4.69) is 61.1 Å². The summed E-state index contributed by atoms with van der Waals surface area (Å²) >= 11 is 0. The summed E-state index contributed by atoms with van der Waals surface area (Å²) < 4.78 is 2.39. The molecule has 1 aromatic carbocycles. The largest absolute Gasteiger partial charge is 0.350 e. The first-order valence-corrected chi connectivity index (χ1v) is 7.13. The monoisotopic (exact) mass is 254 g/mol. The molecule has 1 atom stereocenters. The van der Waals surface area contributed by atoms with Crippen molar-refractivity contribution in [1.29, 1.82) is 0 Å². The van der Waals surface area contributed by atoms with Gasteiger partial charge in [0.15, 0.2) is 0 Å². The van der Waals surface area contributed by atoms with E-state index in [1.54, 1.807) is 0 Å². The Morgan fingerprint density at radius 2 is 1.89 bits per heavy atom. The molecule has 1 aliphatic heterocycles. The minimum absolute atomic E-state index is 0.330. The number of aromatic nitrogens is 1. The molecule has 1 N–H and O–H groups in total. The van der Waals surface area contributed by atoms with Gasteiger partial charge in [-0.05, 0) is 68.1 Å². The molecule has 0 saturated heterocycles. The molecule has 2 aromatic rings. The molecule has 0 spiro atoms. The number of benzene rings is 1. The minimum atomic E-state index is 0.330. The lowest BCUT2D eigenvalue weighted by Crippen LogP contribution is -2.23. The van der Waals surface area contributed by atoms with Gasteiger partial charge in [0.1, 0.15) is 0 Å². The van der Waals surface area contributed by atoms with Crippen LogP contribution in [0.4, 0.5) is 0 Å². The molecule has 1 aliphatic rings. The number of aryl methyl sites for hydroxylation is 4. The Balaban J connectivity index is 2.10. The fraction of sp³-hybridized carbons (Fsp3) is 0.412. The van der Waals surface area contributed by atoms with Gasteiger partial charge in [0, 0.05) is 18.4 Å². The highest BCUT2D eigenvalue weighted by Crippen LogP contribution is 2.29. The second kappa shape index (κ2) is 4.86. The molecule has 0 radical (unpaired) electrons. The van der Waals surface area contributed by atoms with Crippen molar-refractivity contribution in [2.45, 2.75) is 39.8 Å². The van der Waals surface area contributed by atoms with Crippen LogP contribution in [0, 0.1) is 20.8 Å². The average Bonchev–Trinajstić information content (AvgIpc) is 2.75. The van der Waals surface area contributed by atoms with Gasteiger partial charge in [0.25, 0.3) is 0 Å². The van der Waals surface area contributed by atoms with E-state index in [1.165, 1.54) is 34.4 Å². The Bertz CT molecular complexity index is 595. The van der Waals surface area contributed by atoms with Gasteiger partial charge >= 0.3 is 0 Å². The van der Waals surface area contributed by atoms with E-state index in [-0.39, 0.29) is 0 Å². The highest BCUT2D eigenvalue weighted by Gasteiger charge is 2.21. The molecule has 19 heavy (non-hydrogen) atoms. The zero-order valence-electron chi connectivity index (χ0n) is 12.0. The number of nitrogens with zero attached hydrogens (tertiary/aromatic N) is 1. The van der Waals surface area contributed by atoms with Crippen molar-refractivity contribution >= 4 is 0 Å². The maximum Gasteiger partial charge on any atom is 0.0733 e. The zero-order valence-corrected chi connectivity index (χ0v) is 12.0. The molecule has 0 bridgehead atoms. The molecule has 2 nitrogen and oxygen atoms in total.